The quantitative estimate of drug-likeness (QED) is 0.911. The summed E-state index contributed by atoms with van der Waals surface area (Å²) in [6, 6.07) is 6.72. The first-order valence-corrected chi connectivity index (χ1v) is 7.80. The van der Waals surface area contributed by atoms with E-state index in [0.717, 1.165) is 21.8 Å². The molecule has 3 N–H and O–H groups in total. The fourth-order valence-corrected chi connectivity index (χ4v) is 4.07. The highest BCUT2D eigenvalue weighted by molar-refractivity contribution is 7.94. The molecule has 7 heteroatoms. The van der Waals surface area contributed by atoms with Crippen LogP contribution >= 0.6 is 11.3 Å². The molecule has 0 amide bonds. The summed E-state index contributed by atoms with van der Waals surface area (Å²) in [5.74, 6) is -0.416. The van der Waals surface area contributed by atoms with E-state index in [9.17, 15) is 12.8 Å². The summed E-state index contributed by atoms with van der Waals surface area (Å²) < 4.78 is 39.6. The van der Waals surface area contributed by atoms with Gasteiger partial charge in [0.2, 0.25) is 0 Å². The summed E-state index contributed by atoms with van der Waals surface area (Å²) >= 11 is 1.14. The predicted molar refractivity (Wildman–Crippen MR) is 74.2 cm³/mol. The lowest BCUT2D eigenvalue weighted by Gasteiger charge is -2.05. The van der Waals surface area contributed by atoms with E-state index < -0.39 is 15.8 Å². The molecule has 0 saturated heterocycles. The molecule has 4 nitrogen and oxygen atoms in total. The second-order valence-corrected chi connectivity index (χ2v) is 7.03. The number of nitrogens with two attached hydrogens (primary N) is 1. The number of halogens is 1. The van der Waals surface area contributed by atoms with Crippen LogP contribution in [0, 0.1) is 12.7 Å². The monoisotopic (exact) mass is 300 g/mol. The summed E-state index contributed by atoms with van der Waals surface area (Å²) in [6.07, 6.45) is 0. The minimum absolute atomic E-state index is 0.203. The van der Waals surface area contributed by atoms with E-state index in [1.807, 2.05) is 6.92 Å². The van der Waals surface area contributed by atoms with Crippen molar-refractivity contribution in [1.82, 2.24) is 0 Å². The Labute approximate surface area is 115 Å². The predicted octanol–water partition coefficient (Wildman–Crippen LogP) is 2.46. The van der Waals surface area contributed by atoms with Crippen LogP contribution in [0.2, 0.25) is 0 Å². The normalized spacial score (nSPS) is 11.5. The van der Waals surface area contributed by atoms with Gasteiger partial charge in [-0.05, 0) is 42.8 Å². The molecule has 0 saturated carbocycles. The molecule has 0 bridgehead atoms. The Hall–Kier alpha value is -1.44. The van der Waals surface area contributed by atoms with Crippen molar-refractivity contribution in [2.75, 3.05) is 4.72 Å². The molecule has 0 aliphatic carbocycles. The Morgan fingerprint density at radius 2 is 1.95 bits per heavy atom. The molecule has 1 heterocycles. The molecule has 0 radical (unpaired) electrons. The minimum Gasteiger partial charge on any atom is -0.326 e. The maximum Gasteiger partial charge on any atom is 0.271 e. The summed E-state index contributed by atoms with van der Waals surface area (Å²) in [4.78, 5) is 0.833. The van der Waals surface area contributed by atoms with Crippen molar-refractivity contribution in [3.8, 4) is 0 Å². The van der Waals surface area contributed by atoms with Gasteiger partial charge in [-0.3, -0.25) is 4.72 Å². The smallest absolute Gasteiger partial charge is 0.271 e. The molecule has 0 aliphatic rings. The van der Waals surface area contributed by atoms with Gasteiger partial charge in [-0.1, -0.05) is 0 Å². The number of anilines is 1. The molecule has 19 heavy (non-hydrogen) atoms. The summed E-state index contributed by atoms with van der Waals surface area (Å²) in [6.45, 7) is 2.12. The molecule has 1 aromatic heterocycles. The molecule has 1 aromatic carbocycles. The number of nitrogens with one attached hydrogen (secondary N) is 1. The number of hydrogen-bond donors (Lipinski definition) is 2. The van der Waals surface area contributed by atoms with Gasteiger partial charge in [0, 0.05) is 17.1 Å². The standard InChI is InChI=1S/C12H13FN2O2S2/c1-8-6-12(18-11(8)7-14)19(16,17)15-10-4-2-9(13)3-5-10/h2-6,15H,7,14H2,1H3. The molecule has 0 spiro atoms. The van der Waals surface area contributed by atoms with E-state index in [-0.39, 0.29) is 4.21 Å². The maximum atomic E-state index is 12.8. The van der Waals surface area contributed by atoms with Crippen LogP contribution in [0.5, 0.6) is 0 Å². The van der Waals surface area contributed by atoms with Crippen molar-refractivity contribution >= 4 is 27.0 Å². The molecule has 0 aliphatic heterocycles. The van der Waals surface area contributed by atoms with Crippen LogP contribution < -0.4 is 10.5 Å². The zero-order valence-electron chi connectivity index (χ0n) is 10.2. The first-order chi connectivity index (χ1) is 8.92. The van der Waals surface area contributed by atoms with Crippen LogP contribution in [0.15, 0.2) is 34.5 Å². The lowest BCUT2D eigenvalue weighted by Crippen LogP contribution is -2.11. The van der Waals surface area contributed by atoms with E-state index >= 15 is 0 Å². The SMILES string of the molecule is Cc1cc(S(=O)(=O)Nc2ccc(F)cc2)sc1CN. The maximum absolute atomic E-state index is 12.8. The van der Waals surface area contributed by atoms with Gasteiger partial charge in [-0.15, -0.1) is 11.3 Å². The number of hydrogen-bond acceptors (Lipinski definition) is 4. The van der Waals surface area contributed by atoms with Gasteiger partial charge in [0.25, 0.3) is 10.0 Å². The van der Waals surface area contributed by atoms with Crippen molar-refractivity contribution in [2.45, 2.75) is 17.7 Å². The van der Waals surface area contributed by atoms with E-state index in [0.29, 0.717) is 12.2 Å². The van der Waals surface area contributed by atoms with Gasteiger partial charge in [0.05, 0.1) is 0 Å². The lowest BCUT2D eigenvalue weighted by molar-refractivity contribution is 0.603. The van der Waals surface area contributed by atoms with Gasteiger partial charge in [0.15, 0.2) is 0 Å². The van der Waals surface area contributed by atoms with Gasteiger partial charge in [-0.2, -0.15) is 0 Å². The molecule has 0 fully saturated rings. The van der Waals surface area contributed by atoms with E-state index in [1.165, 1.54) is 24.3 Å². The Morgan fingerprint density at radius 3 is 2.47 bits per heavy atom. The number of benzene rings is 1. The third-order valence-electron chi connectivity index (χ3n) is 2.54. The molecule has 0 unspecified atom stereocenters. The van der Waals surface area contributed by atoms with Gasteiger partial charge in [0.1, 0.15) is 10.0 Å². The van der Waals surface area contributed by atoms with Crippen LogP contribution in [0.4, 0.5) is 10.1 Å². The fraction of sp³-hybridized carbons (Fsp3) is 0.167. The van der Waals surface area contributed by atoms with Crippen LogP contribution in [0.3, 0.4) is 0 Å². The van der Waals surface area contributed by atoms with E-state index in [4.69, 9.17) is 5.73 Å². The third-order valence-corrected chi connectivity index (χ3v) is 5.66. The van der Waals surface area contributed by atoms with Crippen molar-refractivity contribution in [3.63, 3.8) is 0 Å². The Kier molecular flexibility index (Phi) is 3.88. The molecular formula is C12H13FN2O2S2. The number of thiophene rings is 1. The third kappa shape index (κ3) is 3.12. The lowest BCUT2D eigenvalue weighted by atomic mass is 10.3. The average molecular weight is 300 g/mol. The van der Waals surface area contributed by atoms with Gasteiger partial charge >= 0.3 is 0 Å². The Balaban J connectivity index is 2.29. The second-order valence-electron chi connectivity index (χ2n) is 3.99. The number of rotatable bonds is 4. The zero-order chi connectivity index (χ0) is 14.0. The van der Waals surface area contributed by atoms with Gasteiger partial charge in [-0.25, -0.2) is 12.8 Å². The largest absolute Gasteiger partial charge is 0.326 e. The van der Waals surface area contributed by atoms with Gasteiger partial charge < -0.3 is 5.73 Å². The average Bonchev–Trinajstić information content (AvgIpc) is 2.74. The van der Waals surface area contributed by atoms with Crippen LogP contribution in [-0.2, 0) is 16.6 Å². The number of sulfonamides is 1. The molecular weight excluding hydrogens is 287 g/mol. The highest BCUT2D eigenvalue weighted by atomic mass is 32.2. The Morgan fingerprint density at radius 1 is 1.32 bits per heavy atom. The molecule has 2 aromatic rings. The summed E-state index contributed by atoms with van der Waals surface area (Å²) in [5.41, 5.74) is 6.70. The number of aryl methyl sites for hydroxylation is 1. The fourth-order valence-electron chi connectivity index (χ4n) is 1.55. The van der Waals surface area contributed by atoms with E-state index in [1.54, 1.807) is 6.07 Å². The summed E-state index contributed by atoms with van der Waals surface area (Å²) in [7, 11) is -3.65. The molecule has 0 atom stereocenters. The first kappa shape index (κ1) is 14.0. The first-order valence-electron chi connectivity index (χ1n) is 5.50. The molecule has 2 rings (SSSR count). The second kappa shape index (κ2) is 5.28. The van der Waals surface area contributed by atoms with Crippen LogP contribution in [-0.4, -0.2) is 8.42 Å². The van der Waals surface area contributed by atoms with Crippen molar-refractivity contribution in [2.24, 2.45) is 5.73 Å². The highest BCUT2D eigenvalue weighted by Gasteiger charge is 2.18. The highest BCUT2D eigenvalue weighted by Crippen LogP contribution is 2.27. The van der Waals surface area contributed by atoms with Crippen LogP contribution in [0.1, 0.15) is 10.4 Å². The van der Waals surface area contributed by atoms with Crippen molar-refractivity contribution < 1.29 is 12.8 Å². The van der Waals surface area contributed by atoms with Crippen molar-refractivity contribution in [1.29, 1.82) is 0 Å². The summed E-state index contributed by atoms with van der Waals surface area (Å²) in [5, 5.41) is 0. The van der Waals surface area contributed by atoms with Crippen molar-refractivity contribution in [3.05, 3.63) is 46.6 Å². The van der Waals surface area contributed by atoms with E-state index in [2.05, 4.69) is 4.72 Å². The molecule has 102 valence electrons. The topological polar surface area (TPSA) is 72.2 Å². The zero-order valence-corrected chi connectivity index (χ0v) is 11.8. The van der Waals surface area contributed by atoms with Crippen LogP contribution in [0.25, 0.3) is 0 Å². The Bertz CT molecular complexity index is 678. The minimum atomic E-state index is -3.65.